The third-order valence-electron chi connectivity index (χ3n) is 3.10. The van der Waals surface area contributed by atoms with Crippen molar-refractivity contribution in [3.63, 3.8) is 0 Å². The fourth-order valence-corrected chi connectivity index (χ4v) is 2.01. The summed E-state index contributed by atoms with van der Waals surface area (Å²) in [6.45, 7) is 0.204. The van der Waals surface area contributed by atoms with Gasteiger partial charge in [-0.05, 0) is 30.3 Å². The van der Waals surface area contributed by atoms with Crippen LogP contribution < -0.4 is 5.32 Å². The van der Waals surface area contributed by atoms with Crippen LogP contribution in [0.15, 0.2) is 36.5 Å². The summed E-state index contributed by atoms with van der Waals surface area (Å²) < 4.78 is 0. The molecule has 0 aliphatic rings. The van der Waals surface area contributed by atoms with Gasteiger partial charge in [0.25, 0.3) is 5.91 Å². The third kappa shape index (κ3) is 2.58. The number of pyridine rings is 1. The van der Waals surface area contributed by atoms with Gasteiger partial charge in [-0.1, -0.05) is 0 Å². The molecule has 1 aromatic carbocycles. The van der Waals surface area contributed by atoms with Crippen molar-refractivity contribution in [2.24, 2.45) is 0 Å². The zero-order valence-corrected chi connectivity index (χ0v) is 11.4. The largest absolute Gasteiger partial charge is 0.507 e. The molecule has 3 aromatic rings. The Balaban J connectivity index is 1.72. The highest BCUT2D eigenvalue weighted by atomic mass is 16.3. The Morgan fingerprint density at radius 1 is 1.41 bits per heavy atom. The van der Waals surface area contributed by atoms with Gasteiger partial charge in [-0.15, -0.1) is 0 Å². The smallest absolute Gasteiger partial charge is 0.251 e. The molecule has 0 atom stereocenters. The van der Waals surface area contributed by atoms with Gasteiger partial charge >= 0.3 is 0 Å². The van der Waals surface area contributed by atoms with Gasteiger partial charge in [-0.2, -0.15) is 5.26 Å². The summed E-state index contributed by atoms with van der Waals surface area (Å²) in [5.41, 5.74) is 1.77. The monoisotopic (exact) mass is 293 g/mol. The zero-order valence-electron chi connectivity index (χ0n) is 11.4. The molecule has 0 saturated heterocycles. The van der Waals surface area contributed by atoms with Crippen LogP contribution in [0.1, 0.15) is 21.7 Å². The van der Waals surface area contributed by atoms with E-state index < -0.39 is 0 Å². The summed E-state index contributed by atoms with van der Waals surface area (Å²) in [7, 11) is 0. The molecule has 0 aliphatic heterocycles. The minimum absolute atomic E-state index is 0.125. The summed E-state index contributed by atoms with van der Waals surface area (Å²) in [5.74, 6) is -0.00351. The molecule has 7 nitrogen and oxygen atoms in total. The molecular weight excluding hydrogens is 282 g/mol. The first kappa shape index (κ1) is 13.6. The van der Waals surface area contributed by atoms with E-state index in [4.69, 9.17) is 5.26 Å². The highest BCUT2D eigenvalue weighted by Gasteiger charge is 2.10. The first-order valence-corrected chi connectivity index (χ1v) is 6.48. The summed E-state index contributed by atoms with van der Waals surface area (Å²) in [6, 6.07) is 9.61. The quantitative estimate of drug-likeness (QED) is 0.676. The van der Waals surface area contributed by atoms with E-state index >= 15 is 0 Å². The average molecular weight is 293 g/mol. The lowest BCUT2D eigenvalue weighted by atomic mass is 10.1. The number of aromatic amines is 1. The van der Waals surface area contributed by atoms with E-state index in [-0.39, 0.29) is 29.3 Å². The molecular formula is C15H11N5O2. The summed E-state index contributed by atoms with van der Waals surface area (Å²) >= 11 is 0. The van der Waals surface area contributed by atoms with Gasteiger partial charge in [0.2, 0.25) is 0 Å². The van der Waals surface area contributed by atoms with Crippen molar-refractivity contribution in [1.29, 1.82) is 5.26 Å². The highest BCUT2D eigenvalue weighted by molar-refractivity contribution is 5.94. The number of phenols is 1. The van der Waals surface area contributed by atoms with Crippen LogP contribution >= 0.6 is 0 Å². The van der Waals surface area contributed by atoms with Gasteiger partial charge < -0.3 is 15.4 Å². The Morgan fingerprint density at radius 2 is 2.27 bits per heavy atom. The molecule has 108 valence electrons. The van der Waals surface area contributed by atoms with Crippen molar-refractivity contribution < 1.29 is 9.90 Å². The SMILES string of the molecule is N#Cc1ccc(C(=O)NCc2nc3ncccc3[nH]2)cc1O. The van der Waals surface area contributed by atoms with Crippen molar-refractivity contribution in [3.8, 4) is 11.8 Å². The summed E-state index contributed by atoms with van der Waals surface area (Å²) in [6.07, 6.45) is 1.64. The van der Waals surface area contributed by atoms with Gasteiger partial charge in [0, 0.05) is 11.8 Å². The zero-order chi connectivity index (χ0) is 15.5. The first-order chi connectivity index (χ1) is 10.7. The Hall–Kier alpha value is -3.40. The molecule has 2 heterocycles. The molecule has 22 heavy (non-hydrogen) atoms. The maximum absolute atomic E-state index is 12.0. The summed E-state index contributed by atoms with van der Waals surface area (Å²) in [5, 5.41) is 21.0. The van der Waals surface area contributed by atoms with Crippen molar-refractivity contribution in [2.45, 2.75) is 6.54 Å². The Bertz CT molecular complexity index is 861. The van der Waals surface area contributed by atoms with E-state index in [2.05, 4.69) is 20.3 Å². The average Bonchev–Trinajstić information content (AvgIpc) is 2.95. The minimum atomic E-state index is -0.367. The van der Waals surface area contributed by atoms with Gasteiger partial charge in [0.15, 0.2) is 5.65 Å². The number of carbonyl (C=O) groups is 1. The molecule has 0 unspecified atom stereocenters. The van der Waals surface area contributed by atoms with Gasteiger partial charge in [-0.3, -0.25) is 4.79 Å². The van der Waals surface area contributed by atoms with Gasteiger partial charge in [0.1, 0.15) is 17.6 Å². The molecule has 0 bridgehead atoms. The molecule has 0 spiro atoms. The van der Waals surface area contributed by atoms with Crippen LogP contribution in [0, 0.1) is 11.3 Å². The standard InChI is InChI=1S/C15H11N5O2/c16-7-10-4-3-9(6-12(10)21)15(22)18-8-13-19-11-2-1-5-17-14(11)20-13/h1-6,21H,8H2,(H,18,22)(H,17,19,20). The lowest BCUT2D eigenvalue weighted by molar-refractivity contribution is 0.0949. The van der Waals surface area contributed by atoms with E-state index in [0.29, 0.717) is 11.5 Å². The highest BCUT2D eigenvalue weighted by Crippen LogP contribution is 2.17. The van der Waals surface area contributed by atoms with E-state index in [9.17, 15) is 9.90 Å². The maximum Gasteiger partial charge on any atom is 0.251 e. The fraction of sp³-hybridized carbons (Fsp3) is 0.0667. The number of hydrogen-bond acceptors (Lipinski definition) is 5. The van der Waals surface area contributed by atoms with Crippen molar-refractivity contribution in [3.05, 3.63) is 53.5 Å². The molecule has 2 aromatic heterocycles. The fourth-order valence-electron chi connectivity index (χ4n) is 2.01. The number of aromatic nitrogens is 3. The van der Waals surface area contributed by atoms with E-state index in [1.165, 1.54) is 18.2 Å². The van der Waals surface area contributed by atoms with Crippen molar-refractivity contribution in [2.75, 3.05) is 0 Å². The van der Waals surface area contributed by atoms with Crippen molar-refractivity contribution >= 4 is 17.1 Å². The number of H-pyrrole nitrogens is 1. The number of fused-ring (bicyclic) bond motifs is 1. The molecule has 7 heteroatoms. The number of nitriles is 1. The number of imidazole rings is 1. The van der Waals surface area contributed by atoms with Crippen LogP contribution in [0.25, 0.3) is 11.2 Å². The molecule has 3 N–H and O–H groups in total. The van der Waals surface area contributed by atoms with Crippen molar-refractivity contribution in [1.82, 2.24) is 20.3 Å². The van der Waals surface area contributed by atoms with E-state index in [0.717, 1.165) is 5.52 Å². The van der Waals surface area contributed by atoms with Crippen LogP contribution in [0.5, 0.6) is 5.75 Å². The molecule has 0 fully saturated rings. The van der Waals surface area contributed by atoms with Crippen LogP contribution in [-0.2, 0) is 6.54 Å². The van der Waals surface area contributed by atoms with Gasteiger partial charge in [-0.25, -0.2) is 9.97 Å². The van der Waals surface area contributed by atoms with Crippen LogP contribution in [0.4, 0.5) is 0 Å². The topological polar surface area (TPSA) is 115 Å². The number of carbonyl (C=O) groups excluding carboxylic acids is 1. The molecule has 1 amide bonds. The Labute approximate surface area is 125 Å². The number of nitrogens with zero attached hydrogens (tertiary/aromatic N) is 3. The van der Waals surface area contributed by atoms with Crippen LogP contribution in [0.2, 0.25) is 0 Å². The minimum Gasteiger partial charge on any atom is -0.507 e. The Kier molecular flexibility index (Phi) is 3.42. The maximum atomic E-state index is 12.0. The predicted octanol–water partition coefficient (Wildman–Crippen LogP) is 1.47. The number of hydrogen-bond donors (Lipinski definition) is 3. The second-order valence-electron chi connectivity index (χ2n) is 4.58. The second kappa shape index (κ2) is 5.54. The van der Waals surface area contributed by atoms with E-state index in [1.54, 1.807) is 12.3 Å². The third-order valence-corrected chi connectivity index (χ3v) is 3.10. The normalized spacial score (nSPS) is 10.3. The number of phenolic OH excluding ortho intramolecular Hbond substituents is 1. The molecule has 3 rings (SSSR count). The number of aromatic hydroxyl groups is 1. The van der Waals surface area contributed by atoms with Crippen LogP contribution in [0.3, 0.4) is 0 Å². The van der Waals surface area contributed by atoms with Crippen LogP contribution in [-0.4, -0.2) is 26.0 Å². The predicted molar refractivity (Wildman–Crippen MR) is 77.9 cm³/mol. The first-order valence-electron chi connectivity index (χ1n) is 6.48. The van der Waals surface area contributed by atoms with Gasteiger partial charge in [0.05, 0.1) is 17.6 Å². The van der Waals surface area contributed by atoms with E-state index in [1.807, 2.05) is 12.1 Å². The Morgan fingerprint density at radius 3 is 3.00 bits per heavy atom. The molecule has 0 radical (unpaired) electrons. The lowest BCUT2D eigenvalue weighted by Crippen LogP contribution is -2.23. The number of rotatable bonds is 3. The molecule has 0 aliphatic carbocycles. The summed E-state index contributed by atoms with van der Waals surface area (Å²) in [4.78, 5) is 23.4. The molecule has 0 saturated carbocycles. The number of benzene rings is 1. The number of nitrogens with one attached hydrogen (secondary N) is 2. The lowest BCUT2D eigenvalue weighted by Gasteiger charge is -2.04. The second-order valence-corrected chi connectivity index (χ2v) is 4.58. The number of amides is 1.